The van der Waals surface area contributed by atoms with Crippen molar-refractivity contribution in [1.82, 2.24) is 19.5 Å². The number of aliphatic hydroxyl groups is 1. The first-order valence-electron chi connectivity index (χ1n) is 9.38. The number of rotatable bonds is 7. The number of sulfonamides is 1. The summed E-state index contributed by atoms with van der Waals surface area (Å²) in [5, 5.41) is 13.9. The van der Waals surface area contributed by atoms with Crippen LogP contribution in [0.4, 0.5) is 0 Å². The van der Waals surface area contributed by atoms with Gasteiger partial charge in [-0.1, -0.05) is 24.3 Å². The van der Waals surface area contributed by atoms with E-state index in [1.807, 2.05) is 42.6 Å². The Bertz CT molecular complexity index is 1050. The van der Waals surface area contributed by atoms with E-state index >= 15 is 0 Å². The number of pyridine rings is 1. The summed E-state index contributed by atoms with van der Waals surface area (Å²) in [6.45, 7) is 5.66. The Morgan fingerprint density at radius 2 is 1.69 bits per heavy atom. The highest BCUT2D eigenvalue weighted by Crippen LogP contribution is 2.31. The van der Waals surface area contributed by atoms with Gasteiger partial charge in [0.2, 0.25) is 10.0 Å². The van der Waals surface area contributed by atoms with E-state index < -0.39 is 14.8 Å². The van der Waals surface area contributed by atoms with E-state index in [0.717, 1.165) is 27.9 Å². The molecule has 0 saturated carbocycles. The molecule has 1 aromatic carbocycles. The van der Waals surface area contributed by atoms with Gasteiger partial charge < -0.3 is 5.11 Å². The summed E-state index contributed by atoms with van der Waals surface area (Å²) in [4.78, 5) is 4.05. The fourth-order valence-electron chi connectivity index (χ4n) is 2.77. The average molecular weight is 415 g/mol. The molecule has 154 valence electrons. The molecule has 0 radical (unpaired) electrons. The van der Waals surface area contributed by atoms with Gasteiger partial charge in [-0.3, -0.25) is 9.67 Å². The molecular formula is C21H26N4O3S. The molecule has 0 unspecified atom stereocenters. The standard InChI is InChI=1S/C21H26N4O3S/c1-21(2,3)29(27,28)23-14-16-4-6-17(7-5-16)19-15-25(12-13-26)24-20(19)18-8-10-22-11-9-18/h4-11,15,23,26H,12-14H2,1-3H3. The predicted molar refractivity (Wildman–Crippen MR) is 113 cm³/mol. The summed E-state index contributed by atoms with van der Waals surface area (Å²) < 4.78 is 28.0. The van der Waals surface area contributed by atoms with Crippen LogP contribution in [-0.4, -0.2) is 39.6 Å². The van der Waals surface area contributed by atoms with Crippen molar-refractivity contribution in [2.45, 2.75) is 38.6 Å². The fourth-order valence-corrected chi connectivity index (χ4v) is 3.56. The lowest BCUT2D eigenvalue weighted by atomic mass is 10.0. The van der Waals surface area contributed by atoms with Crippen LogP contribution in [0, 0.1) is 0 Å². The van der Waals surface area contributed by atoms with Crippen LogP contribution < -0.4 is 4.72 Å². The van der Waals surface area contributed by atoms with Crippen LogP contribution in [-0.2, 0) is 23.1 Å². The Morgan fingerprint density at radius 3 is 2.28 bits per heavy atom. The van der Waals surface area contributed by atoms with Gasteiger partial charge in [0, 0.05) is 36.3 Å². The minimum atomic E-state index is -3.40. The summed E-state index contributed by atoms with van der Waals surface area (Å²) >= 11 is 0. The van der Waals surface area contributed by atoms with Crippen LogP contribution in [0.3, 0.4) is 0 Å². The zero-order chi connectivity index (χ0) is 21.1. The number of nitrogens with zero attached hydrogens (tertiary/aromatic N) is 3. The Morgan fingerprint density at radius 1 is 1.03 bits per heavy atom. The summed E-state index contributed by atoms with van der Waals surface area (Å²) in [6, 6.07) is 11.5. The van der Waals surface area contributed by atoms with E-state index in [4.69, 9.17) is 0 Å². The second-order valence-corrected chi connectivity index (χ2v) is 10.3. The average Bonchev–Trinajstić information content (AvgIpc) is 3.11. The van der Waals surface area contributed by atoms with E-state index in [0.29, 0.717) is 6.54 Å². The molecule has 0 aliphatic carbocycles. The summed E-state index contributed by atoms with van der Waals surface area (Å²) in [5.74, 6) is 0. The van der Waals surface area contributed by atoms with Crippen LogP contribution in [0.1, 0.15) is 26.3 Å². The van der Waals surface area contributed by atoms with Crippen molar-refractivity contribution >= 4 is 10.0 Å². The van der Waals surface area contributed by atoms with Gasteiger partial charge in [-0.25, -0.2) is 13.1 Å². The normalized spacial score (nSPS) is 12.3. The number of aromatic nitrogens is 3. The van der Waals surface area contributed by atoms with E-state index in [2.05, 4.69) is 14.8 Å². The molecule has 0 bridgehead atoms. The molecule has 0 spiro atoms. The molecule has 0 aliphatic rings. The van der Waals surface area contributed by atoms with E-state index in [-0.39, 0.29) is 13.2 Å². The summed E-state index contributed by atoms with van der Waals surface area (Å²) in [7, 11) is -3.40. The van der Waals surface area contributed by atoms with Crippen LogP contribution in [0.2, 0.25) is 0 Å². The van der Waals surface area contributed by atoms with Crippen molar-refractivity contribution in [2.75, 3.05) is 6.61 Å². The van der Waals surface area contributed by atoms with Crippen molar-refractivity contribution in [2.24, 2.45) is 0 Å². The number of hydrogen-bond donors (Lipinski definition) is 2. The molecule has 0 fully saturated rings. The largest absolute Gasteiger partial charge is 0.394 e. The molecule has 29 heavy (non-hydrogen) atoms. The van der Waals surface area contributed by atoms with Gasteiger partial charge in [-0.2, -0.15) is 5.10 Å². The second kappa shape index (κ2) is 8.44. The molecule has 7 nitrogen and oxygen atoms in total. The topological polar surface area (TPSA) is 97.1 Å². The lowest BCUT2D eigenvalue weighted by Gasteiger charge is -2.19. The van der Waals surface area contributed by atoms with Gasteiger partial charge in [0.1, 0.15) is 5.69 Å². The fraction of sp³-hybridized carbons (Fsp3) is 0.333. The third-order valence-corrected chi connectivity index (χ3v) is 6.72. The maximum absolute atomic E-state index is 12.2. The molecule has 3 aromatic rings. The third-order valence-electron chi connectivity index (χ3n) is 4.58. The molecule has 2 N–H and O–H groups in total. The van der Waals surface area contributed by atoms with Crippen molar-refractivity contribution in [1.29, 1.82) is 0 Å². The van der Waals surface area contributed by atoms with Crippen molar-refractivity contribution in [3.05, 3.63) is 60.6 Å². The van der Waals surface area contributed by atoms with Gasteiger partial charge in [0.15, 0.2) is 0 Å². The monoisotopic (exact) mass is 414 g/mol. The number of benzene rings is 1. The number of hydrogen-bond acceptors (Lipinski definition) is 5. The summed E-state index contributed by atoms with van der Waals surface area (Å²) in [5.41, 5.74) is 4.51. The Balaban J connectivity index is 1.86. The highest BCUT2D eigenvalue weighted by molar-refractivity contribution is 7.90. The van der Waals surface area contributed by atoms with Gasteiger partial charge >= 0.3 is 0 Å². The first-order chi connectivity index (χ1) is 13.7. The second-order valence-electron chi connectivity index (χ2n) is 7.75. The lowest BCUT2D eigenvalue weighted by Crippen LogP contribution is -2.38. The first-order valence-corrected chi connectivity index (χ1v) is 10.9. The van der Waals surface area contributed by atoms with Gasteiger partial charge in [0.05, 0.1) is 17.9 Å². The predicted octanol–water partition coefficient (Wildman–Crippen LogP) is 2.82. The highest BCUT2D eigenvalue weighted by atomic mass is 32.2. The minimum Gasteiger partial charge on any atom is -0.394 e. The maximum Gasteiger partial charge on any atom is 0.216 e. The molecular weight excluding hydrogens is 388 g/mol. The Labute approximate surface area is 171 Å². The smallest absolute Gasteiger partial charge is 0.216 e. The molecule has 0 aliphatic heterocycles. The quantitative estimate of drug-likeness (QED) is 0.620. The Kier molecular flexibility index (Phi) is 6.16. The molecule has 3 rings (SSSR count). The summed E-state index contributed by atoms with van der Waals surface area (Å²) in [6.07, 6.45) is 5.34. The SMILES string of the molecule is CC(C)(C)S(=O)(=O)NCc1ccc(-c2cn(CCO)nc2-c2ccncc2)cc1. The molecule has 0 amide bonds. The van der Waals surface area contributed by atoms with E-state index in [1.54, 1.807) is 37.8 Å². The van der Waals surface area contributed by atoms with Crippen LogP contribution >= 0.6 is 0 Å². The van der Waals surface area contributed by atoms with Gasteiger partial charge in [-0.15, -0.1) is 0 Å². The first kappa shape index (κ1) is 21.2. The lowest BCUT2D eigenvalue weighted by molar-refractivity contribution is 0.269. The van der Waals surface area contributed by atoms with Gasteiger partial charge in [0.25, 0.3) is 0 Å². The van der Waals surface area contributed by atoms with Crippen molar-refractivity contribution in [3.63, 3.8) is 0 Å². The molecule has 2 heterocycles. The zero-order valence-electron chi connectivity index (χ0n) is 16.8. The zero-order valence-corrected chi connectivity index (χ0v) is 17.6. The molecule has 0 atom stereocenters. The maximum atomic E-state index is 12.2. The van der Waals surface area contributed by atoms with Crippen molar-refractivity contribution < 1.29 is 13.5 Å². The van der Waals surface area contributed by atoms with Crippen LogP contribution in [0.15, 0.2) is 55.0 Å². The molecule has 0 saturated heterocycles. The Hall–Kier alpha value is -2.55. The van der Waals surface area contributed by atoms with E-state index in [9.17, 15) is 13.5 Å². The molecule has 2 aromatic heterocycles. The third kappa shape index (κ3) is 4.90. The number of aliphatic hydroxyl groups excluding tert-OH is 1. The van der Waals surface area contributed by atoms with E-state index in [1.165, 1.54) is 0 Å². The van der Waals surface area contributed by atoms with Gasteiger partial charge in [-0.05, 0) is 44.0 Å². The van der Waals surface area contributed by atoms with Crippen molar-refractivity contribution in [3.8, 4) is 22.4 Å². The highest BCUT2D eigenvalue weighted by Gasteiger charge is 2.28. The van der Waals surface area contributed by atoms with Crippen LogP contribution in [0.5, 0.6) is 0 Å². The molecule has 8 heteroatoms. The number of nitrogens with one attached hydrogen (secondary N) is 1. The van der Waals surface area contributed by atoms with Crippen LogP contribution in [0.25, 0.3) is 22.4 Å². The minimum absolute atomic E-state index is 0.00373.